The highest BCUT2D eigenvalue weighted by Crippen LogP contribution is 2.40. The molecule has 0 bridgehead atoms. The molecule has 1 aromatic heterocycles. The van der Waals surface area contributed by atoms with Gasteiger partial charge in [0, 0.05) is 18.3 Å². The summed E-state index contributed by atoms with van der Waals surface area (Å²) in [6, 6.07) is 6.61. The summed E-state index contributed by atoms with van der Waals surface area (Å²) >= 11 is 12.3. The Balaban J connectivity index is 2.19. The smallest absolute Gasteiger partial charge is 0.337 e. The number of ketones is 1. The molecule has 0 radical (unpaired) electrons. The zero-order chi connectivity index (χ0) is 20.0. The van der Waals surface area contributed by atoms with Gasteiger partial charge in [0.2, 0.25) is 5.78 Å². The van der Waals surface area contributed by atoms with Crippen LogP contribution in [0.2, 0.25) is 10.0 Å². The van der Waals surface area contributed by atoms with Gasteiger partial charge in [0.05, 0.1) is 32.9 Å². The number of carboxylic acids is 1. The first-order chi connectivity index (χ1) is 12.7. The average Bonchev–Trinajstić information content (AvgIpc) is 2.94. The molecule has 2 aromatic rings. The molecule has 0 amide bonds. The lowest BCUT2D eigenvalue weighted by atomic mass is 9.79. The van der Waals surface area contributed by atoms with Gasteiger partial charge in [-0.3, -0.25) is 4.79 Å². The second-order valence-corrected chi connectivity index (χ2v) is 7.42. The van der Waals surface area contributed by atoms with Crippen LogP contribution >= 0.6 is 23.2 Å². The summed E-state index contributed by atoms with van der Waals surface area (Å²) in [5.41, 5.74) is 2.49. The number of halogens is 2. The van der Waals surface area contributed by atoms with Crippen LogP contribution in [0.5, 0.6) is 0 Å². The van der Waals surface area contributed by atoms with Crippen LogP contribution in [0.1, 0.15) is 57.4 Å². The Morgan fingerprint density at radius 1 is 1.22 bits per heavy atom. The van der Waals surface area contributed by atoms with Crippen molar-refractivity contribution in [1.29, 1.82) is 5.26 Å². The van der Waals surface area contributed by atoms with Crippen LogP contribution in [0, 0.1) is 17.2 Å². The molecule has 1 heterocycles. The molecule has 3 rings (SSSR count). The van der Waals surface area contributed by atoms with Gasteiger partial charge in [-0.1, -0.05) is 37.0 Å². The van der Waals surface area contributed by atoms with E-state index in [-0.39, 0.29) is 33.0 Å². The third kappa shape index (κ3) is 2.95. The lowest BCUT2D eigenvalue weighted by Gasteiger charge is -2.24. The van der Waals surface area contributed by atoms with Crippen molar-refractivity contribution in [2.75, 3.05) is 0 Å². The second kappa shape index (κ2) is 6.88. The Morgan fingerprint density at radius 2 is 1.89 bits per heavy atom. The molecule has 2 unspecified atom stereocenters. The van der Waals surface area contributed by atoms with Gasteiger partial charge in [-0.25, -0.2) is 4.79 Å². The SMILES string of the molecule is CC1C(C#N)=Cc2c(cc(C(=O)c3c(Cl)ccc(C(=O)O)c3Cl)n2C)C1C. The summed E-state index contributed by atoms with van der Waals surface area (Å²) in [6.07, 6.45) is 1.79. The largest absolute Gasteiger partial charge is 0.478 e. The van der Waals surface area contributed by atoms with Gasteiger partial charge in [0.1, 0.15) is 0 Å². The van der Waals surface area contributed by atoms with Gasteiger partial charge in [0.25, 0.3) is 0 Å². The van der Waals surface area contributed by atoms with Gasteiger partial charge in [-0.2, -0.15) is 5.26 Å². The lowest BCUT2D eigenvalue weighted by molar-refractivity contribution is 0.0697. The summed E-state index contributed by atoms with van der Waals surface area (Å²) in [7, 11) is 1.73. The van der Waals surface area contributed by atoms with Crippen molar-refractivity contribution in [3.05, 3.63) is 61.9 Å². The summed E-state index contributed by atoms with van der Waals surface area (Å²) in [6.45, 7) is 3.98. The van der Waals surface area contributed by atoms with Crippen LogP contribution in [-0.4, -0.2) is 21.4 Å². The molecular formula is C20H16Cl2N2O3. The molecule has 0 aliphatic heterocycles. The van der Waals surface area contributed by atoms with E-state index in [9.17, 15) is 20.0 Å². The maximum Gasteiger partial charge on any atom is 0.337 e. The molecule has 138 valence electrons. The Hall–Kier alpha value is -2.55. The van der Waals surface area contributed by atoms with Crippen molar-refractivity contribution in [2.24, 2.45) is 13.0 Å². The van der Waals surface area contributed by atoms with E-state index in [2.05, 4.69) is 6.07 Å². The van der Waals surface area contributed by atoms with Crippen LogP contribution in [0.3, 0.4) is 0 Å². The van der Waals surface area contributed by atoms with Gasteiger partial charge in [-0.15, -0.1) is 0 Å². The number of carboxylic acid groups (broad SMARTS) is 1. The Labute approximate surface area is 166 Å². The Kier molecular flexibility index (Phi) is 4.90. The molecule has 1 N–H and O–H groups in total. The van der Waals surface area contributed by atoms with Gasteiger partial charge in [0.15, 0.2) is 0 Å². The molecule has 0 saturated carbocycles. The zero-order valence-corrected chi connectivity index (χ0v) is 16.4. The predicted molar refractivity (Wildman–Crippen MR) is 103 cm³/mol. The molecule has 5 nitrogen and oxygen atoms in total. The minimum absolute atomic E-state index is 0.0374. The molecule has 7 heteroatoms. The van der Waals surface area contributed by atoms with Crippen LogP contribution in [0.4, 0.5) is 0 Å². The Morgan fingerprint density at radius 3 is 2.48 bits per heavy atom. The van der Waals surface area contributed by atoms with E-state index < -0.39 is 11.8 Å². The fourth-order valence-corrected chi connectivity index (χ4v) is 4.03. The number of allylic oxidation sites excluding steroid dienone is 1. The predicted octanol–water partition coefficient (Wildman–Crippen LogP) is 4.92. The first-order valence-corrected chi connectivity index (χ1v) is 9.01. The number of aromatic nitrogens is 1. The van der Waals surface area contributed by atoms with Crippen LogP contribution in [-0.2, 0) is 7.05 Å². The summed E-state index contributed by atoms with van der Waals surface area (Å²) in [4.78, 5) is 24.5. The number of rotatable bonds is 3. The molecule has 27 heavy (non-hydrogen) atoms. The van der Waals surface area contributed by atoms with Crippen LogP contribution < -0.4 is 0 Å². The van der Waals surface area contributed by atoms with Gasteiger partial charge < -0.3 is 9.67 Å². The van der Waals surface area contributed by atoms with Crippen molar-refractivity contribution < 1.29 is 14.7 Å². The molecular weight excluding hydrogens is 387 g/mol. The third-order valence-electron chi connectivity index (χ3n) is 5.24. The van der Waals surface area contributed by atoms with Crippen molar-refractivity contribution >= 4 is 41.0 Å². The number of carbonyl (C=O) groups is 2. The van der Waals surface area contributed by atoms with E-state index in [4.69, 9.17) is 23.2 Å². The monoisotopic (exact) mass is 402 g/mol. The van der Waals surface area contributed by atoms with Gasteiger partial charge >= 0.3 is 5.97 Å². The van der Waals surface area contributed by atoms with Crippen LogP contribution in [0.15, 0.2) is 23.8 Å². The van der Waals surface area contributed by atoms with E-state index in [1.54, 1.807) is 23.8 Å². The summed E-state index contributed by atoms with van der Waals surface area (Å²) < 4.78 is 1.69. The maximum absolute atomic E-state index is 13.2. The van der Waals surface area contributed by atoms with E-state index in [0.29, 0.717) is 11.3 Å². The first-order valence-electron chi connectivity index (χ1n) is 8.26. The van der Waals surface area contributed by atoms with E-state index in [1.165, 1.54) is 12.1 Å². The molecule has 0 spiro atoms. The number of benzene rings is 1. The number of hydrogen-bond donors (Lipinski definition) is 1. The highest BCUT2D eigenvalue weighted by molar-refractivity contribution is 6.42. The second-order valence-electron chi connectivity index (χ2n) is 6.64. The van der Waals surface area contributed by atoms with E-state index in [0.717, 1.165) is 11.3 Å². The van der Waals surface area contributed by atoms with Crippen molar-refractivity contribution in [3.8, 4) is 6.07 Å². The molecule has 2 atom stereocenters. The number of nitrogens with zero attached hydrogens (tertiary/aromatic N) is 2. The molecule has 1 aliphatic rings. The highest BCUT2D eigenvalue weighted by atomic mass is 35.5. The maximum atomic E-state index is 13.2. The van der Waals surface area contributed by atoms with Crippen molar-refractivity contribution in [3.63, 3.8) is 0 Å². The van der Waals surface area contributed by atoms with Crippen molar-refractivity contribution in [2.45, 2.75) is 19.8 Å². The third-order valence-corrected chi connectivity index (χ3v) is 5.95. The summed E-state index contributed by atoms with van der Waals surface area (Å²) in [5.74, 6) is -1.60. The number of hydrogen-bond acceptors (Lipinski definition) is 3. The number of aromatic carboxylic acids is 1. The van der Waals surface area contributed by atoms with Gasteiger partial charge in [-0.05, 0) is 41.7 Å². The standard InChI is InChI=1S/C20H16Cl2N2O3/c1-9-10(2)13-7-16(24(3)15(13)6-11(9)8-23)19(25)17-14(21)5-4-12(18(17)22)20(26)27/h4-7,9-10H,1-3H3,(H,26,27). The zero-order valence-electron chi connectivity index (χ0n) is 14.9. The average molecular weight is 403 g/mol. The minimum Gasteiger partial charge on any atom is -0.478 e. The molecule has 0 saturated heterocycles. The van der Waals surface area contributed by atoms with E-state index >= 15 is 0 Å². The fourth-order valence-electron chi connectivity index (χ4n) is 3.41. The number of nitriles is 1. The van der Waals surface area contributed by atoms with Crippen molar-refractivity contribution in [1.82, 2.24) is 4.57 Å². The fraction of sp³-hybridized carbons (Fsp3) is 0.250. The topological polar surface area (TPSA) is 83.1 Å². The highest BCUT2D eigenvalue weighted by Gasteiger charge is 2.31. The normalized spacial score (nSPS) is 18.4. The number of carbonyl (C=O) groups excluding carboxylic acids is 1. The van der Waals surface area contributed by atoms with Crippen LogP contribution in [0.25, 0.3) is 6.08 Å². The molecule has 0 fully saturated rings. The quantitative estimate of drug-likeness (QED) is 0.738. The number of fused-ring (bicyclic) bond motifs is 1. The minimum atomic E-state index is -1.24. The lowest BCUT2D eigenvalue weighted by Crippen LogP contribution is -2.14. The summed E-state index contributed by atoms with van der Waals surface area (Å²) in [5, 5.41) is 18.5. The first kappa shape index (κ1) is 19.2. The Bertz CT molecular complexity index is 1060. The molecule has 1 aromatic carbocycles. The van der Waals surface area contributed by atoms with E-state index in [1.807, 2.05) is 13.8 Å². The molecule has 1 aliphatic carbocycles.